The number of carbonyl (C=O) groups is 1. The van der Waals surface area contributed by atoms with Gasteiger partial charge in [0.25, 0.3) is 5.56 Å². The van der Waals surface area contributed by atoms with Gasteiger partial charge in [-0.1, -0.05) is 77.0 Å². The van der Waals surface area contributed by atoms with Crippen LogP contribution >= 0.6 is 34.5 Å². The van der Waals surface area contributed by atoms with Gasteiger partial charge in [-0.25, -0.2) is 9.79 Å². The Kier molecular flexibility index (Phi) is 9.55. The minimum absolute atomic E-state index is 0.164. The lowest BCUT2D eigenvalue weighted by Gasteiger charge is -2.24. The fourth-order valence-electron chi connectivity index (χ4n) is 4.76. The van der Waals surface area contributed by atoms with E-state index < -0.39 is 12.0 Å². The van der Waals surface area contributed by atoms with Crippen molar-refractivity contribution in [3.63, 3.8) is 0 Å². The number of ether oxygens (including phenoxy) is 4. The molecule has 0 saturated heterocycles. The summed E-state index contributed by atoms with van der Waals surface area (Å²) in [7, 11) is 1.57. The maximum absolute atomic E-state index is 14.0. The van der Waals surface area contributed by atoms with E-state index in [4.69, 9.17) is 42.1 Å². The van der Waals surface area contributed by atoms with Gasteiger partial charge in [0.2, 0.25) is 0 Å². The molecule has 3 aromatic carbocycles. The Morgan fingerprint density at radius 1 is 1.02 bits per heavy atom. The van der Waals surface area contributed by atoms with E-state index in [0.29, 0.717) is 48.4 Å². The molecule has 1 aliphatic heterocycles. The molecule has 0 amide bonds. The second-order valence-corrected chi connectivity index (χ2v) is 11.2. The molecule has 1 aliphatic rings. The van der Waals surface area contributed by atoms with Crippen molar-refractivity contribution in [2.45, 2.75) is 19.9 Å². The van der Waals surface area contributed by atoms with Gasteiger partial charge in [-0.3, -0.25) is 9.36 Å². The van der Waals surface area contributed by atoms with Gasteiger partial charge in [-0.05, 0) is 49.8 Å². The fraction of sp³-hybridized carbons (Fsp3) is 0.219. The van der Waals surface area contributed by atoms with Gasteiger partial charge >= 0.3 is 5.97 Å². The molecule has 11 heteroatoms. The summed E-state index contributed by atoms with van der Waals surface area (Å²) < 4.78 is 24.4. The molecule has 0 saturated carbocycles. The normalized spacial score (nSPS) is 14.6. The zero-order chi connectivity index (χ0) is 30.5. The molecule has 4 aromatic rings. The van der Waals surface area contributed by atoms with E-state index in [2.05, 4.69) is 4.99 Å². The second-order valence-electron chi connectivity index (χ2n) is 9.37. The van der Waals surface area contributed by atoms with Crippen molar-refractivity contribution >= 4 is 46.6 Å². The summed E-state index contributed by atoms with van der Waals surface area (Å²) in [5, 5.41) is 0.663. The number of thiazole rings is 1. The number of hydrogen-bond acceptors (Lipinski definition) is 8. The minimum atomic E-state index is -0.704. The topological polar surface area (TPSA) is 88.4 Å². The van der Waals surface area contributed by atoms with E-state index in [-0.39, 0.29) is 30.4 Å². The molecular formula is C32H28Cl2N2O6S. The van der Waals surface area contributed by atoms with Crippen molar-refractivity contribution in [3.8, 4) is 17.2 Å². The number of carbonyl (C=O) groups excluding carboxylic acids is 1. The van der Waals surface area contributed by atoms with Crippen LogP contribution in [0.25, 0.3) is 6.08 Å². The van der Waals surface area contributed by atoms with Crippen molar-refractivity contribution in [2.75, 3.05) is 26.9 Å². The molecule has 1 aromatic heterocycles. The second kappa shape index (κ2) is 13.5. The predicted molar refractivity (Wildman–Crippen MR) is 167 cm³/mol. The van der Waals surface area contributed by atoms with Crippen LogP contribution in [0.1, 0.15) is 31.0 Å². The molecular weight excluding hydrogens is 611 g/mol. The van der Waals surface area contributed by atoms with Crippen LogP contribution < -0.4 is 29.1 Å². The molecule has 222 valence electrons. The highest BCUT2D eigenvalue weighted by Gasteiger charge is 2.33. The Bertz CT molecular complexity index is 1870. The summed E-state index contributed by atoms with van der Waals surface area (Å²) in [6.07, 6.45) is 1.67. The number of rotatable bonds is 10. The van der Waals surface area contributed by atoms with E-state index in [9.17, 15) is 9.59 Å². The van der Waals surface area contributed by atoms with Crippen LogP contribution in [-0.2, 0) is 9.53 Å². The number of fused-ring (bicyclic) bond motifs is 1. The van der Waals surface area contributed by atoms with Gasteiger partial charge in [0.05, 0.1) is 40.6 Å². The standard InChI is InChI=1S/C32H28Cl2N2O6S/c1-4-40-31(38)27-19(2)35-32-36(28(27)20-10-6-5-7-11-20)30(37)26(43-32)17-21-16-22(33)18-23(34)29(21)42-15-14-41-25-13-9-8-12-24(25)39-3/h5-13,16-18,28H,4,14-15H2,1-3H3/b26-17-. The Balaban J connectivity index is 1.52. The number of aromatic nitrogens is 1. The third-order valence-corrected chi connectivity index (χ3v) is 8.09. The number of esters is 1. The molecule has 1 unspecified atom stereocenters. The molecule has 8 nitrogen and oxygen atoms in total. The average molecular weight is 640 g/mol. The Labute approximate surface area is 262 Å². The third kappa shape index (κ3) is 6.49. The molecule has 1 atom stereocenters. The molecule has 0 aliphatic carbocycles. The first-order valence-corrected chi connectivity index (χ1v) is 15.0. The van der Waals surface area contributed by atoms with Crippen molar-refractivity contribution in [1.82, 2.24) is 4.57 Å². The SMILES string of the molecule is CCOC(=O)C1=C(C)N=c2s/c(=C\c3cc(Cl)cc(Cl)c3OCCOc3ccccc3OC)c(=O)n2C1c1ccccc1. The summed E-state index contributed by atoms with van der Waals surface area (Å²) in [6, 6.07) is 19.2. The summed E-state index contributed by atoms with van der Waals surface area (Å²) >= 11 is 14.1. The number of para-hydroxylation sites is 2. The van der Waals surface area contributed by atoms with Gasteiger partial charge in [0.1, 0.15) is 19.0 Å². The van der Waals surface area contributed by atoms with Crippen LogP contribution in [0.5, 0.6) is 17.2 Å². The molecule has 0 radical (unpaired) electrons. The van der Waals surface area contributed by atoms with Gasteiger partial charge in [-0.15, -0.1) is 0 Å². The van der Waals surface area contributed by atoms with Crippen LogP contribution in [0.15, 0.2) is 87.8 Å². The molecule has 0 bridgehead atoms. The van der Waals surface area contributed by atoms with E-state index in [1.807, 2.05) is 42.5 Å². The third-order valence-electron chi connectivity index (χ3n) is 6.61. The molecule has 0 N–H and O–H groups in total. The van der Waals surface area contributed by atoms with E-state index in [1.54, 1.807) is 51.3 Å². The van der Waals surface area contributed by atoms with Gasteiger partial charge in [-0.2, -0.15) is 0 Å². The Morgan fingerprint density at radius 2 is 1.72 bits per heavy atom. The number of nitrogens with zero attached hydrogens (tertiary/aromatic N) is 2. The zero-order valence-corrected chi connectivity index (χ0v) is 26.0. The molecule has 43 heavy (non-hydrogen) atoms. The Hall–Kier alpha value is -4.05. The van der Waals surface area contributed by atoms with Gasteiger partial charge < -0.3 is 18.9 Å². The van der Waals surface area contributed by atoms with E-state index in [0.717, 1.165) is 5.56 Å². The highest BCUT2D eigenvalue weighted by atomic mass is 35.5. The lowest BCUT2D eigenvalue weighted by Crippen LogP contribution is -2.39. The van der Waals surface area contributed by atoms with Crippen LogP contribution in [0.2, 0.25) is 10.0 Å². The highest BCUT2D eigenvalue weighted by Crippen LogP contribution is 2.34. The first-order chi connectivity index (χ1) is 20.8. The maximum atomic E-state index is 14.0. The fourth-order valence-corrected chi connectivity index (χ4v) is 6.36. The number of halogens is 2. The lowest BCUT2D eigenvalue weighted by atomic mass is 9.96. The van der Waals surface area contributed by atoms with Crippen molar-refractivity contribution in [1.29, 1.82) is 0 Å². The maximum Gasteiger partial charge on any atom is 0.338 e. The summed E-state index contributed by atoms with van der Waals surface area (Å²) in [5.74, 6) is 1.03. The molecule has 2 heterocycles. The van der Waals surface area contributed by atoms with Crippen LogP contribution in [0, 0.1) is 0 Å². The summed E-state index contributed by atoms with van der Waals surface area (Å²) in [6.45, 7) is 4.06. The molecule has 0 spiro atoms. The van der Waals surface area contributed by atoms with Crippen LogP contribution in [0.3, 0.4) is 0 Å². The van der Waals surface area contributed by atoms with Gasteiger partial charge in [0, 0.05) is 10.6 Å². The van der Waals surface area contributed by atoms with E-state index in [1.165, 1.54) is 15.9 Å². The van der Waals surface area contributed by atoms with Crippen LogP contribution in [0.4, 0.5) is 0 Å². The predicted octanol–water partition coefficient (Wildman–Crippen LogP) is 5.57. The number of allylic oxidation sites excluding steroid dienone is 1. The first kappa shape index (κ1) is 30.4. The van der Waals surface area contributed by atoms with Crippen molar-refractivity contribution < 1.29 is 23.7 Å². The summed E-state index contributed by atoms with van der Waals surface area (Å²) in [4.78, 5) is 32.1. The lowest BCUT2D eigenvalue weighted by molar-refractivity contribution is -0.139. The smallest absolute Gasteiger partial charge is 0.338 e. The quantitative estimate of drug-likeness (QED) is 0.167. The number of methoxy groups -OCH3 is 1. The highest BCUT2D eigenvalue weighted by molar-refractivity contribution is 7.07. The summed E-state index contributed by atoms with van der Waals surface area (Å²) in [5.41, 5.74) is 1.75. The average Bonchev–Trinajstić information content (AvgIpc) is 3.30. The van der Waals surface area contributed by atoms with Crippen molar-refractivity contribution in [3.05, 3.63) is 119 Å². The molecule has 0 fully saturated rings. The minimum Gasteiger partial charge on any atom is -0.493 e. The number of hydrogen-bond donors (Lipinski definition) is 0. The van der Waals surface area contributed by atoms with E-state index >= 15 is 0 Å². The first-order valence-electron chi connectivity index (χ1n) is 13.4. The Morgan fingerprint density at radius 3 is 2.44 bits per heavy atom. The zero-order valence-electron chi connectivity index (χ0n) is 23.6. The van der Waals surface area contributed by atoms with Crippen molar-refractivity contribution in [2.24, 2.45) is 4.99 Å². The molecule has 5 rings (SSSR count). The largest absolute Gasteiger partial charge is 0.493 e. The monoisotopic (exact) mass is 638 g/mol. The van der Waals surface area contributed by atoms with Crippen LogP contribution in [-0.4, -0.2) is 37.5 Å². The van der Waals surface area contributed by atoms with Gasteiger partial charge in [0.15, 0.2) is 16.3 Å². The number of benzene rings is 3.